The van der Waals surface area contributed by atoms with Crippen LogP contribution < -0.4 is 5.32 Å². The zero-order valence-corrected chi connectivity index (χ0v) is 14.1. The molecule has 7 heteroatoms. The number of nitrogens with zero attached hydrogens (tertiary/aromatic N) is 1. The molecule has 0 radical (unpaired) electrons. The lowest BCUT2D eigenvalue weighted by Crippen LogP contribution is -2.30. The van der Waals surface area contributed by atoms with E-state index in [1.54, 1.807) is 19.9 Å². The second kappa shape index (κ2) is 7.77. The maximum absolute atomic E-state index is 12.5. The molecule has 0 unspecified atom stereocenters. The molecule has 0 aliphatic rings. The standard InChI is InChI=1S/C14H21ClN2O3S/c1-4-7-14(18)16-11-8-9-12(15)13(10-11)21(19,20)17(5-2)6-3/h8-10H,4-7H2,1-3H3,(H,16,18). The zero-order valence-electron chi connectivity index (χ0n) is 12.5. The van der Waals surface area contributed by atoms with E-state index in [1.165, 1.54) is 16.4 Å². The van der Waals surface area contributed by atoms with E-state index in [4.69, 9.17) is 11.6 Å². The fraction of sp³-hybridized carbons (Fsp3) is 0.500. The van der Waals surface area contributed by atoms with Gasteiger partial charge in [0, 0.05) is 25.2 Å². The average Bonchev–Trinajstić information content (AvgIpc) is 2.42. The molecule has 0 aliphatic carbocycles. The molecule has 1 aromatic rings. The predicted octanol–water partition coefficient (Wildman–Crippen LogP) is 3.11. The molecule has 1 aromatic carbocycles. The molecule has 0 atom stereocenters. The molecule has 1 rings (SSSR count). The Bertz CT molecular complexity index is 598. The Balaban J connectivity index is 3.16. The molecule has 1 N–H and O–H groups in total. The molecule has 0 saturated heterocycles. The maximum atomic E-state index is 12.5. The predicted molar refractivity (Wildman–Crippen MR) is 85.1 cm³/mol. The molecule has 21 heavy (non-hydrogen) atoms. The summed E-state index contributed by atoms with van der Waals surface area (Å²) in [6.07, 6.45) is 1.12. The van der Waals surface area contributed by atoms with Gasteiger partial charge in [-0.25, -0.2) is 8.42 Å². The Kier molecular flexibility index (Phi) is 6.64. The molecular weight excluding hydrogens is 312 g/mol. The zero-order chi connectivity index (χ0) is 16.0. The summed E-state index contributed by atoms with van der Waals surface area (Å²) in [5, 5.41) is 2.83. The molecule has 118 valence electrons. The molecule has 0 spiro atoms. The molecule has 0 aliphatic heterocycles. The van der Waals surface area contributed by atoms with Crippen LogP contribution in [0.15, 0.2) is 23.1 Å². The Morgan fingerprint density at radius 2 is 1.86 bits per heavy atom. The highest BCUT2D eigenvalue weighted by molar-refractivity contribution is 7.89. The summed E-state index contributed by atoms with van der Waals surface area (Å²) in [6.45, 7) is 6.16. The molecule has 0 aromatic heterocycles. The largest absolute Gasteiger partial charge is 0.326 e. The molecule has 0 fully saturated rings. The highest BCUT2D eigenvalue weighted by Gasteiger charge is 2.24. The first kappa shape index (κ1) is 17.9. The topological polar surface area (TPSA) is 66.5 Å². The van der Waals surface area contributed by atoms with E-state index in [1.807, 2.05) is 6.92 Å². The number of amides is 1. The summed E-state index contributed by atoms with van der Waals surface area (Å²) in [4.78, 5) is 11.6. The van der Waals surface area contributed by atoms with Crippen molar-refractivity contribution < 1.29 is 13.2 Å². The Labute approximate surface area is 131 Å². The van der Waals surface area contributed by atoms with Crippen molar-refractivity contribution in [2.75, 3.05) is 18.4 Å². The first-order valence-electron chi connectivity index (χ1n) is 6.96. The SMILES string of the molecule is CCCC(=O)Nc1ccc(Cl)c(S(=O)(=O)N(CC)CC)c1. The van der Waals surface area contributed by atoms with Gasteiger partial charge in [-0.2, -0.15) is 4.31 Å². The number of halogens is 1. The van der Waals surface area contributed by atoms with Crippen LogP contribution in [0.5, 0.6) is 0 Å². The fourth-order valence-electron chi connectivity index (χ4n) is 1.93. The van der Waals surface area contributed by atoms with Crippen LogP contribution in [0.1, 0.15) is 33.6 Å². The van der Waals surface area contributed by atoms with Crippen molar-refractivity contribution >= 4 is 33.2 Å². The van der Waals surface area contributed by atoms with Crippen molar-refractivity contribution in [1.29, 1.82) is 0 Å². The summed E-state index contributed by atoms with van der Waals surface area (Å²) in [5.41, 5.74) is 0.434. The number of nitrogens with one attached hydrogen (secondary N) is 1. The first-order chi connectivity index (χ1) is 9.86. The molecule has 0 bridgehead atoms. The van der Waals surface area contributed by atoms with E-state index in [0.29, 0.717) is 25.2 Å². The number of hydrogen-bond acceptors (Lipinski definition) is 3. The van der Waals surface area contributed by atoms with Crippen LogP contribution >= 0.6 is 11.6 Å². The van der Waals surface area contributed by atoms with Gasteiger partial charge in [-0.3, -0.25) is 4.79 Å². The summed E-state index contributed by atoms with van der Waals surface area (Å²) in [7, 11) is -3.65. The van der Waals surface area contributed by atoms with Crippen LogP contribution in [0.2, 0.25) is 5.02 Å². The number of benzene rings is 1. The van der Waals surface area contributed by atoms with Crippen LogP contribution in [0.25, 0.3) is 0 Å². The van der Waals surface area contributed by atoms with Gasteiger partial charge in [0.1, 0.15) is 4.90 Å². The quantitative estimate of drug-likeness (QED) is 0.834. The monoisotopic (exact) mass is 332 g/mol. The molecule has 1 amide bonds. The lowest BCUT2D eigenvalue weighted by Gasteiger charge is -2.19. The highest BCUT2D eigenvalue weighted by atomic mass is 35.5. The minimum atomic E-state index is -3.65. The van der Waals surface area contributed by atoms with E-state index in [9.17, 15) is 13.2 Å². The van der Waals surface area contributed by atoms with Crippen molar-refractivity contribution in [3.63, 3.8) is 0 Å². The van der Waals surface area contributed by atoms with Gasteiger partial charge in [0.05, 0.1) is 5.02 Å². The van der Waals surface area contributed by atoms with Gasteiger partial charge in [0.25, 0.3) is 0 Å². The molecular formula is C14H21ClN2O3S. The number of carbonyl (C=O) groups is 1. The number of hydrogen-bond donors (Lipinski definition) is 1. The van der Waals surface area contributed by atoms with Crippen molar-refractivity contribution in [3.8, 4) is 0 Å². The van der Waals surface area contributed by atoms with Crippen molar-refractivity contribution in [1.82, 2.24) is 4.31 Å². The summed E-state index contributed by atoms with van der Waals surface area (Å²) in [5.74, 6) is -0.147. The van der Waals surface area contributed by atoms with Crippen LogP contribution in [-0.4, -0.2) is 31.7 Å². The van der Waals surface area contributed by atoms with Gasteiger partial charge in [-0.15, -0.1) is 0 Å². The number of anilines is 1. The van der Waals surface area contributed by atoms with Gasteiger partial charge >= 0.3 is 0 Å². The molecule has 5 nitrogen and oxygen atoms in total. The maximum Gasteiger partial charge on any atom is 0.244 e. The van der Waals surface area contributed by atoms with E-state index in [-0.39, 0.29) is 15.8 Å². The number of sulfonamides is 1. The normalized spacial score (nSPS) is 11.7. The van der Waals surface area contributed by atoms with Gasteiger partial charge < -0.3 is 5.32 Å². The van der Waals surface area contributed by atoms with Crippen LogP contribution in [-0.2, 0) is 14.8 Å². The van der Waals surface area contributed by atoms with Crippen molar-refractivity contribution in [2.45, 2.75) is 38.5 Å². The number of carbonyl (C=O) groups excluding carboxylic acids is 1. The van der Waals surface area contributed by atoms with Gasteiger partial charge in [0.15, 0.2) is 0 Å². The third-order valence-corrected chi connectivity index (χ3v) is 5.55. The lowest BCUT2D eigenvalue weighted by atomic mass is 10.3. The first-order valence-corrected chi connectivity index (χ1v) is 8.78. The second-order valence-corrected chi connectivity index (χ2v) is 6.85. The van der Waals surface area contributed by atoms with Crippen molar-refractivity contribution in [3.05, 3.63) is 23.2 Å². The summed E-state index contributed by atoms with van der Waals surface area (Å²) >= 11 is 6.02. The average molecular weight is 333 g/mol. The van der Waals surface area contributed by atoms with Gasteiger partial charge in [0.2, 0.25) is 15.9 Å². The Morgan fingerprint density at radius 3 is 2.38 bits per heavy atom. The fourth-order valence-corrected chi connectivity index (χ4v) is 3.89. The van der Waals surface area contributed by atoms with E-state index < -0.39 is 10.0 Å². The van der Waals surface area contributed by atoms with Gasteiger partial charge in [-0.05, 0) is 24.6 Å². The summed E-state index contributed by atoms with van der Waals surface area (Å²) in [6, 6.07) is 4.49. The molecule has 0 saturated carbocycles. The van der Waals surface area contributed by atoms with Gasteiger partial charge in [-0.1, -0.05) is 32.4 Å². The minimum Gasteiger partial charge on any atom is -0.326 e. The lowest BCUT2D eigenvalue weighted by molar-refractivity contribution is -0.116. The number of rotatable bonds is 7. The van der Waals surface area contributed by atoms with E-state index in [0.717, 1.165) is 6.42 Å². The van der Waals surface area contributed by atoms with Crippen LogP contribution in [0, 0.1) is 0 Å². The third-order valence-electron chi connectivity index (χ3n) is 3.02. The second-order valence-electron chi connectivity index (χ2n) is 4.53. The third kappa shape index (κ3) is 4.43. The highest BCUT2D eigenvalue weighted by Crippen LogP contribution is 2.27. The Hall–Kier alpha value is -1.11. The van der Waals surface area contributed by atoms with Crippen LogP contribution in [0.4, 0.5) is 5.69 Å². The molecule has 0 heterocycles. The Morgan fingerprint density at radius 1 is 1.24 bits per heavy atom. The minimum absolute atomic E-state index is 0.0159. The van der Waals surface area contributed by atoms with Crippen LogP contribution in [0.3, 0.4) is 0 Å². The van der Waals surface area contributed by atoms with E-state index >= 15 is 0 Å². The van der Waals surface area contributed by atoms with Crippen molar-refractivity contribution in [2.24, 2.45) is 0 Å². The smallest absolute Gasteiger partial charge is 0.244 e. The van der Waals surface area contributed by atoms with E-state index in [2.05, 4.69) is 5.32 Å². The summed E-state index contributed by atoms with van der Waals surface area (Å²) < 4.78 is 26.3.